The van der Waals surface area contributed by atoms with Gasteiger partial charge in [0.25, 0.3) is 0 Å². The number of nitrogens with zero attached hydrogens (tertiary/aromatic N) is 4. The van der Waals surface area contributed by atoms with Gasteiger partial charge in [-0.15, -0.1) is 0 Å². The van der Waals surface area contributed by atoms with E-state index in [-0.39, 0.29) is 5.91 Å². The highest BCUT2D eigenvalue weighted by atomic mass is 16.2. The lowest BCUT2D eigenvalue weighted by Crippen LogP contribution is -2.29. The van der Waals surface area contributed by atoms with E-state index in [2.05, 4.69) is 52.4 Å². The first kappa shape index (κ1) is 17.2. The fourth-order valence-electron chi connectivity index (χ4n) is 3.42. The van der Waals surface area contributed by atoms with Crippen molar-refractivity contribution < 1.29 is 4.79 Å². The molecule has 2 N–H and O–H groups in total. The molecule has 27 heavy (non-hydrogen) atoms. The summed E-state index contributed by atoms with van der Waals surface area (Å²) in [6.07, 6.45) is 2.68. The number of aryl methyl sites for hydroxylation is 2. The molecule has 1 unspecified atom stereocenters. The van der Waals surface area contributed by atoms with Gasteiger partial charge in [0, 0.05) is 24.7 Å². The summed E-state index contributed by atoms with van der Waals surface area (Å²) in [5.41, 5.74) is 5.02. The van der Waals surface area contributed by atoms with Crippen LogP contribution in [0.1, 0.15) is 31.0 Å². The smallest absolute Gasteiger partial charge is 0.235 e. The number of fused-ring (bicyclic) bond motifs is 2. The lowest BCUT2D eigenvalue weighted by Gasteiger charge is -2.10. The molecule has 0 aliphatic carbocycles. The number of allylic oxidation sites excluding steroid dienone is 1. The van der Waals surface area contributed by atoms with Gasteiger partial charge in [-0.1, -0.05) is 25.6 Å². The summed E-state index contributed by atoms with van der Waals surface area (Å²) in [6.45, 7) is 8.10. The molecule has 0 bridgehead atoms. The normalized spacial score (nSPS) is 15.4. The monoisotopic (exact) mass is 362 g/mol. The van der Waals surface area contributed by atoms with Crippen molar-refractivity contribution in [2.24, 2.45) is 7.05 Å². The minimum Gasteiger partial charge on any atom is -0.367 e. The number of anilines is 1. The summed E-state index contributed by atoms with van der Waals surface area (Å²) >= 11 is 0. The Balaban J connectivity index is 1.78. The summed E-state index contributed by atoms with van der Waals surface area (Å²) in [5, 5.41) is 11.6. The van der Waals surface area contributed by atoms with Crippen molar-refractivity contribution in [2.75, 3.05) is 11.9 Å². The number of hydrogen-bond acceptors (Lipinski definition) is 5. The molecule has 1 aliphatic rings. The lowest BCUT2D eigenvalue weighted by molar-refractivity contribution is -0.121. The van der Waals surface area contributed by atoms with Crippen LogP contribution in [0.3, 0.4) is 0 Å². The van der Waals surface area contributed by atoms with E-state index in [0.29, 0.717) is 29.4 Å². The number of hydrogen-bond donors (Lipinski definition) is 2. The maximum Gasteiger partial charge on any atom is 0.235 e. The quantitative estimate of drug-likeness (QED) is 0.745. The van der Waals surface area contributed by atoms with Gasteiger partial charge < -0.3 is 10.6 Å². The average molecular weight is 362 g/mol. The van der Waals surface area contributed by atoms with Crippen LogP contribution in [0.2, 0.25) is 0 Å². The highest BCUT2D eigenvalue weighted by Crippen LogP contribution is 2.32. The van der Waals surface area contributed by atoms with Gasteiger partial charge in [0.15, 0.2) is 0 Å². The Morgan fingerprint density at radius 3 is 3.00 bits per heavy atom. The van der Waals surface area contributed by atoms with Gasteiger partial charge in [-0.2, -0.15) is 5.10 Å². The second-order valence-electron chi connectivity index (χ2n) is 6.87. The molecule has 1 amide bonds. The van der Waals surface area contributed by atoms with Crippen LogP contribution in [-0.4, -0.2) is 32.2 Å². The zero-order valence-corrected chi connectivity index (χ0v) is 15.7. The Bertz CT molecular complexity index is 1070. The van der Waals surface area contributed by atoms with E-state index in [9.17, 15) is 4.79 Å². The second kappa shape index (κ2) is 6.50. The Morgan fingerprint density at radius 2 is 2.26 bits per heavy atom. The van der Waals surface area contributed by atoms with Gasteiger partial charge in [0.2, 0.25) is 5.91 Å². The van der Waals surface area contributed by atoms with Crippen LogP contribution in [-0.2, 0) is 18.3 Å². The molecule has 4 rings (SSSR count). The summed E-state index contributed by atoms with van der Waals surface area (Å²) in [6, 6.07) is 6.34. The van der Waals surface area contributed by atoms with Crippen LogP contribution >= 0.6 is 0 Å². The maximum absolute atomic E-state index is 12.5. The second-order valence-corrected chi connectivity index (χ2v) is 6.87. The van der Waals surface area contributed by atoms with Crippen molar-refractivity contribution in [3.05, 3.63) is 47.9 Å². The largest absolute Gasteiger partial charge is 0.367 e. The molecule has 1 aromatic carbocycles. The van der Waals surface area contributed by atoms with Gasteiger partial charge in [-0.05, 0) is 25.0 Å². The minimum absolute atomic E-state index is 0.126. The fourth-order valence-corrected chi connectivity index (χ4v) is 3.42. The minimum atomic E-state index is -0.397. The first-order chi connectivity index (χ1) is 13.0. The topological polar surface area (TPSA) is 84.7 Å². The lowest BCUT2D eigenvalue weighted by atomic mass is 10.1. The highest BCUT2D eigenvalue weighted by molar-refractivity contribution is 5.93. The molecule has 1 atom stereocenters. The molecule has 0 fully saturated rings. The first-order valence-corrected chi connectivity index (χ1v) is 9.01. The zero-order chi connectivity index (χ0) is 19.1. The van der Waals surface area contributed by atoms with Gasteiger partial charge >= 0.3 is 0 Å². The van der Waals surface area contributed by atoms with E-state index >= 15 is 0 Å². The third kappa shape index (κ3) is 2.95. The molecule has 2 aromatic heterocycles. The van der Waals surface area contributed by atoms with E-state index in [1.807, 2.05) is 11.7 Å². The van der Waals surface area contributed by atoms with Crippen molar-refractivity contribution in [1.82, 2.24) is 25.1 Å². The van der Waals surface area contributed by atoms with Crippen molar-refractivity contribution >= 4 is 22.6 Å². The molecule has 0 saturated carbocycles. The Labute approximate surface area is 157 Å². The van der Waals surface area contributed by atoms with Crippen molar-refractivity contribution in [3.8, 4) is 11.4 Å². The average Bonchev–Trinajstić information content (AvgIpc) is 3.21. The first-order valence-electron chi connectivity index (χ1n) is 9.01. The summed E-state index contributed by atoms with van der Waals surface area (Å²) < 4.78 is 1.86. The van der Waals surface area contributed by atoms with Gasteiger partial charge in [0.1, 0.15) is 23.1 Å². The van der Waals surface area contributed by atoms with Crippen LogP contribution < -0.4 is 10.6 Å². The number of nitrogens with one attached hydrogen (secondary N) is 2. The fraction of sp³-hybridized carbons (Fsp3) is 0.300. The molecule has 1 aliphatic heterocycles. The van der Waals surface area contributed by atoms with E-state index in [1.54, 1.807) is 13.1 Å². The van der Waals surface area contributed by atoms with Crippen LogP contribution in [0.4, 0.5) is 5.82 Å². The number of amides is 1. The number of carbonyl (C=O) groups excluding carboxylic acids is 1. The third-order valence-corrected chi connectivity index (χ3v) is 4.82. The molecule has 3 aromatic rings. The number of carbonyl (C=O) groups is 1. The number of benzene rings is 1. The Kier molecular flexibility index (Phi) is 4.14. The summed E-state index contributed by atoms with van der Waals surface area (Å²) in [7, 11) is 1.93. The number of rotatable bonds is 4. The van der Waals surface area contributed by atoms with E-state index in [0.717, 1.165) is 23.0 Å². The SMILES string of the molecule is C=C(C)NC(=O)C1CNc2ncc(-c3nn(C)c4cc(CC)ccc34)nc21. The van der Waals surface area contributed by atoms with Gasteiger partial charge in [-0.25, -0.2) is 9.97 Å². The molecule has 0 radical (unpaired) electrons. The number of aromatic nitrogens is 4. The molecule has 0 saturated heterocycles. The standard InChI is InChI=1S/C20H22N6O/c1-5-12-6-7-13-16(8-12)26(4)25-17(13)15-10-22-19-18(24-15)14(9-21-19)20(27)23-11(2)3/h6-8,10,14H,2,5,9H2,1,3-4H3,(H,21,22)(H,23,27). The van der Waals surface area contributed by atoms with Gasteiger partial charge in [-0.3, -0.25) is 9.48 Å². The van der Waals surface area contributed by atoms with Crippen LogP contribution in [0.5, 0.6) is 0 Å². The van der Waals surface area contributed by atoms with Gasteiger partial charge in [0.05, 0.1) is 17.4 Å². The summed E-state index contributed by atoms with van der Waals surface area (Å²) in [5.74, 6) is 0.124. The zero-order valence-electron chi connectivity index (χ0n) is 15.7. The molecule has 0 spiro atoms. The van der Waals surface area contributed by atoms with E-state index in [1.165, 1.54) is 5.56 Å². The van der Waals surface area contributed by atoms with Crippen molar-refractivity contribution in [2.45, 2.75) is 26.2 Å². The Hall–Kier alpha value is -3.22. The van der Waals surface area contributed by atoms with Crippen molar-refractivity contribution in [1.29, 1.82) is 0 Å². The van der Waals surface area contributed by atoms with Crippen LogP contribution in [0, 0.1) is 0 Å². The predicted octanol–water partition coefficient (Wildman–Crippen LogP) is 2.75. The van der Waals surface area contributed by atoms with E-state index in [4.69, 9.17) is 4.98 Å². The van der Waals surface area contributed by atoms with Crippen LogP contribution in [0.25, 0.3) is 22.3 Å². The molecule has 3 heterocycles. The maximum atomic E-state index is 12.5. The summed E-state index contributed by atoms with van der Waals surface area (Å²) in [4.78, 5) is 21.7. The predicted molar refractivity (Wildman–Crippen MR) is 105 cm³/mol. The van der Waals surface area contributed by atoms with E-state index < -0.39 is 5.92 Å². The molecule has 7 heteroatoms. The van der Waals surface area contributed by atoms with Crippen LogP contribution in [0.15, 0.2) is 36.7 Å². The molecular weight excluding hydrogens is 340 g/mol. The Morgan fingerprint density at radius 1 is 1.44 bits per heavy atom. The van der Waals surface area contributed by atoms with Crippen molar-refractivity contribution in [3.63, 3.8) is 0 Å². The third-order valence-electron chi connectivity index (χ3n) is 4.82. The molecule has 7 nitrogen and oxygen atoms in total. The molecule has 138 valence electrons. The highest BCUT2D eigenvalue weighted by Gasteiger charge is 2.32. The molecular formula is C20H22N6O.